The zero-order valence-electron chi connectivity index (χ0n) is 23.4. The van der Waals surface area contributed by atoms with Gasteiger partial charge in [0.05, 0.1) is 24.5 Å². The Hall–Kier alpha value is -4.46. The van der Waals surface area contributed by atoms with Gasteiger partial charge in [-0.25, -0.2) is 4.68 Å². The molecule has 1 aliphatic rings. The monoisotopic (exact) mass is 545 g/mol. The van der Waals surface area contributed by atoms with Gasteiger partial charge in [0.15, 0.2) is 0 Å². The van der Waals surface area contributed by atoms with E-state index < -0.39 is 0 Å². The molecule has 0 radical (unpaired) electrons. The van der Waals surface area contributed by atoms with E-state index in [0.29, 0.717) is 23.8 Å². The van der Waals surface area contributed by atoms with Crippen LogP contribution >= 0.6 is 0 Å². The molecule has 4 aromatic carbocycles. The van der Waals surface area contributed by atoms with Gasteiger partial charge < -0.3 is 21.1 Å². The van der Waals surface area contributed by atoms with Crippen molar-refractivity contribution in [3.8, 4) is 11.4 Å². The van der Waals surface area contributed by atoms with Crippen molar-refractivity contribution in [2.75, 3.05) is 19.0 Å². The standard InChI is InChI=1S/C34H35N5O2/c1-22-17-30(39(38-22)28-11-5-7-24(18-28)20-35)34(40)37-27-10-6-9-26(19-27)33(36-21-23-13-14-23)32-29-12-4-3-8-25(29)15-16-31(32)41-2/h3-12,15-19,23,33,36H,13-14,20-21,35H2,1-2H3,(H,37,40). The summed E-state index contributed by atoms with van der Waals surface area (Å²) in [5.74, 6) is 1.30. The van der Waals surface area contributed by atoms with Crippen LogP contribution in [0.2, 0.25) is 0 Å². The summed E-state index contributed by atoms with van der Waals surface area (Å²) in [5, 5.41) is 13.8. The molecule has 1 saturated carbocycles. The van der Waals surface area contributed by atoms with Gasteiger partial charge in [-0.1, -0.05) is 54.6 Å². The van der Waals surface area contributed by atoms with Crippen LogP contribution in [0.15, 0.2) is 91.0 Å². The maximum absolute atomic E-state index is 13.6. The van der Waals surface area contributed by atoms with E-state index in [1.54, 1.807) is 17.9 Å². The van der Waals surface area contributed by atoms with Crippen molar-refractivity contribution < 1.29 is 9.53 Å². The summed E-state index contributed by atoms with van der Waals surface area (Å²) in [6, 6.07) is 30.1. The number of fused-ring (bicyclic) bond motifs is 1. The molecular weight excluding hydrogens is 510 g/mol. The Morgan fingerprint density at radius 3 is 2.66 bits per heavy atom. The first kappa shape index (κ1) is 26.7. The Kier molecular flexibility index (Phi) is 7.55. The SMILES string of the molecule is COc1ccc2ccccc2c1C(NCC1CC1)c1cccc(NC(=O)c2cc(C)nn2-c2cccc(CN)c2)c1. The average Bonchev–Trinajstić information content (AvgIpc) is 3.75. The topological polar surface area (TPSA) is 94.2 Å². The highest BCUT2D eigenvalue weighted by molar-refractivity contribution is 6.03. The minimum atomic E-state index is -0.230. The van der Waals surface area contributed by atoms with Crippen molar-refractivity contribution in [2.45, 2.75) is 32.4 Å². The van der Waals surface area contributed by atoms with Crippen LogP contribution in [0.5, 0.6) is 5.75 Å². The summed E-state index contributed by atoms with van der Waals surface area (Å²) < 4.78 is 7.55. The summed E-state index contributed by atoms with van der Waals surface area (Å²) in [5.41, 5.74) is 11.7. The van der Waals surface area contributed by atoms with Crippen LogP contribution in [0.1, 0.15) is 51.8 Å². The molecule has 208 valence electrons. The first-order valence-corrected chi connectivity index (χ1v) is 14.1. The van der Waals surface area contributed by atoms with Crippen molar-refractivity contribution in [3.63, 3.8) is 0 Å². The Morgan fingerprint density at radius 2 is 1.85 bits per heavy atom. The van der Waals surface area contributed by atoms with Gasteiger partial charge in [-0.05, 0) is 90.5 Å². The number of carbonyl (C=O) groups excluding carboxylic acids is 1. The first-order valence-electron chi connectivity index (χ1n) is 14.1. The van der Waals surface area contributed by atoms with Crippen molar-refractivity contribution >= 4 is 22.4 Å². The van der Waals surface area contributed by atoms with Gasteiger partial charge in [-0.3, -0.25) is 4.79 Å². The fraction of sp³-hybridized carbons (Fsp3) is 0.235. The normalized spacial score (nSPS) is 13.7. The number of nitrogens with zero attached hydrogens (tertiary/aromatic N) is 2. The summed E-state index contributed by atoms with van der Waals surface area (Å²) in [7, 11) is 1.72. The lowest BCUT2D eigenvalue weighted by Gasteiger charge is -2.24. The molecule has 0 bridgehead atoms. The number of ether oxygens (including phenoxy) is 1. The second kappa shape index (κ2) is 11.6. The van der Waals surface area contributed by atoms with Crippen LogP contribution in [0.3, 0.4) is 0 Å². The van der Waals surface area contributed by atoms with Crippen molar-refractivity contribution in [1.29, 1.82) is 0 Å². The number of nitrogens with two attached hydrogens (primary N) is 1. The van der Waals surface area contributed by atoms with E-state index in [-0.39, 0.29) is 11.9 Å². The number of hydrogen-bond donors (Lipinski definition) is 3. The van der Waals surface area contributed by atoms with Gasteiger partial charge in [0.25, 0.3) is 5.91 Å². The van der Waals surface area contributed by atoms with Crippen LogP contribution < -0.4 is 21.1 Å². The third-order valence-corrected chi connectivity index (χ3v) is 7.68. The molecule has 1 unspecified atom stereocenters. The maximum atomic E-state index is 13.6. The predicted octanol–water partition coefficient (Wildman–Crippen LogP) is 6.14. The molecule has 1 aromatic heterocycles. The van der Waals surface area contributed by atoms with Crippen LogP contribution in [0.25, 0.3) is 16.5 Å². The van der Waals surface area contributed by atoms with E-state index in [9.17, 15) is 4.79 Å². The molecule has 0 spiro atoms. The third-order valence-electron chi connectivity index (χ3n) is 7.68. The van der Waals surface area contributed by atoms with E-state index >= 15 is 0 Å². The molecule has 1 aliphatic carbocycles. The maximum Gasteiger partial charge on any atom is 0.274 e. The number of amides is 1. The second-order valence-corrected chi connectivity index (χ2v) is 10.7. The van der Waals surface area contributed by atoms with E-state index in [4.69, 9.17) is 10.5 Å². The minimum absolute atomic E-state index is 0.111. The fourth-order valence-electron chi connectivity index (χ4n) is 5.41. The molecule has 7 heteroatoms. The lowest BCUT2D eigenvalue weighted by molar-refractivity contribution is 0.101. The summed E-state index contributed by atoms with van der Waals surface area (Å²) in [6.07, 6.45) is 2.51. The predicted molar refractivity (Wildman–Crippen MR) is 164 cm³/mol. The van der Waals surface area contributed by atoms with Gasteiger partial charge in [0, 0.05) is 17.8 Å². The number of hydrogen-bond acceptors (Lipinski definition) is 5. The molecule has 41 heavy (non-hydrogen) atoms. The highest BCUT2D eigenvalue weighted by Crippen LogP contribution is 2.38. The highest BCUT2D eigenvalue weighted by atomic mass is 16.5. The van der Waals surface area contributed by atoms with Gasteiger partial charge in [0.1, 0.15) is 11.4 Å². The molecule has 0 aliphatic heterocycles. The minimum Gasteiger partial charge on any atom is -0.496 e. The third kappa shape index (κ3) is 5.73. The van der Waals surface area contributed by atoms with Gasteiger partial charge in [-0.2, -0.15) is 5.10 Å². The van der Waals surface area contributed by atoms with Crippen LogP contribution in [-0.2, 0) is 6.54 Å². The van der Waals surface area contributed by atoms with Crippen LogP contribution in [0.4, 0.5) is 5.69 Å². The van der Waals surface area contributed by atoms with E-state index in [0.717, 1.165) is 51.1 Å². The van der Waals surface area contributed by atoms with Gasteiger partial charge in [-0.15, -0.1) is 0 Å². The van der Waals surface area contributed by atoms with E-state index in [2.05, 4.69) is 52.1 Å². The molecule has 1 atom stereocenters. The van der Waals surface area contributed by atoms with Crippen molar-refractivity contribution in [2.24, 2.45) is 11.7 Å². The molecule has 6 rings (SSSR count). The van der Waals surface area contributed by atoms with Gasteiger partial charge >= 0.3 is 0 Å². The van der Waals surface area contributed by atoms with E-state index in [1.807, 2.05) is 55.5 Å². The van der Waals surface area contributed by atoms with Crippen molar-refractivity contribution in [3.05, 3.63) is 119 Å². The molecule has 5 aromatic rings. The Balaban J connectivity index is 1.34. The highest BCUT2D eigenvalue weighted by Gasteiger charge is 2.26. The zero-order chi connectivity index (χ0) is 28.3. The van der Waals surface area contributed by atoms with E-state index in [1.165, 1.54) is 12.8 Å². The second-order valence-electron chi connectivity index (χ2n) is 10.7. The Bertz CT molecular complexity index is 1710. The fourth-order valence-corrected chi connectivity index (χ4v) is 5.41. The van der Waals surface area contributed by atoms with Gasteiger partial charge in [0.2, 0.25) is 0 Å². The number of carbonyl (C=O) groups is 1. The first-order chi connectivity index (χ1) is 20.0. The largest absolute Gasteiger partial charge is 0.496 e. The number of nitrogens with one attached hydrogen (secondary N) is 2. The average molecular weight is 546 g/mol. The lowest BCUT2D eigenvalue weighted by atomic mass is 9.92. The zero-order valence-corrected chi connectivity index (χ0v) is 23.4. The quantitative estimate of drug-likeness (QED) is 0.196. The number of anilines is 1. The number of benzene rings is 4. The molecular formula is C34H35N5O2. The summed E-state index contributed by atoms with van der Waals surface area (Å²) in [4.78, 5) is 13.6. The number of aryl methyl sites for hydroxylation is 1. The Morgan fingerprint density at radius 1 is 1.02 bits per heavy atom. The summed E-state index contributed by atoms with van der Waals surface area (Å²) >= 11 is 0. The van der Waals surface area contributed by atoms with Crippen LogP contribution in [0, 0.1) is 12.8 Å². The lowest BCUT2D eigenvalue weighted by Crippen LogP contribution is -2.25. The number of aromatic nitrogens is 2. The van der Waals surface area contributed by atoms with Crippen molar-refractivity contribution in [1.82, 2.24) is 15.1 Å². The Labute approximate surface area is 240 Å². The molecule has 4 N–H and O–H groups in total. The number of methoxy groups -OCH3 is 1. The molecule has 1 heterocycles. The molecule has 1 fully saturated rings. The van der Waals surface area contributed by atoms with Crippen LogP contribution in [-0.4, -0.2) is 29.3 Å². The molecule has 0 saturated heterocycles. The smallest absolute Gasteiger partial charge is 0.274 e. The molecule has 7 nitrogen and oxygen atoms in total. The summed E-state index contributed by atoms with van der Waals surface area (Å²) in [6.45, 7) is 3.22. The number of rotatable bonds is 10. The molecule has 1 amide bonds.